The van der Waals surface area contributed by atoms with Crippen LogP contribution in [0.1, 0.15) is 10.6 Å². The van der Waals surface area contributed by atoms with Crippen LogP contribution in [0.4, 0.5) is 17.6 Å². The molecule has 116 valence electrons. The van der Waals surface area contributed by atoms with Crippen LogP contribution < -0.4 is 0 Å². The lowest BCUT2D eigenvalue weighted by molar-refractivity contribution is 0.504. The molecule has 0 fully saturated rings. The van der Waals surface area contributed by atoms with E-state index in [1.807, 2.05) is 0 Å². The molecule has 0 aliphatic heterocycles. The molecule has 2 heterocycles. The lowest BCUT2D eigenvalue weighted by Crippen LogP contribution is -1.89. The maximum Gasteiger partial charge on any atom is 0.186 e. The fraction of sp³-hybridized carbons (Fsp3) is 0.0625. The number of aromatic amines is 1. The highest BCUT2D eigenvalue weighted by Gasteiger charge is 2.18. The van der Waals surface area contributed by atoms with Crippen molar-refractivity contribution in [2.75, 3.05) is 0 Å². The van der Waals surface area contributed by atoms with Crippen LogP contribution in [0.5, 0.6) is 0 Å². The number of aromatic nitrogens is 2. The van der Waals surface area contributed by atoms with E-state index in [1.54, 1.807) is 12.3 Å². The highest BCUT2D eigenvalue weighted by atomic mass is 32.1. The maximum atomic E-state index is 13.7. The number of fused-ring (bicyclic) bond motifs is 2. The van der Waals surface area contributed by atoms with Gasteiger partial charge in [0.25, 0.3) is 0 Å². The molecular formula is C16H8F4N2S. The van der Waals surface area contributed by atoms with E-state index in [0.717, 1.165) is 22.3 Å². The molecule has 0 unspecified atom stereocenters. The minimum absolute atomic E-state index is 0.00946. The van der Waals surface area contributed by atoms with Crippen molar-refractivity contribution in [1.29, 1.82) is 0 Å². The number of hydrogen-bond acceptors (Lipinski definition) is 2. The first-order chi connectivity index (χ1) is 11.0. The largest absolute Gasteiger partial charge is 0.361 e. The first-order valence-electron chi connectivity index (χ1n) is 6.71. The molecule has 0 spiro atoms. The summed E-state index contributed by atoms with van der Waals surface area (Å²) in [4.78, 5) is 6.95. The molecule has 0 radical (unpaired) electrons. The highest BCUT2D eigenvalue weighted by molar-refractivity contribution is 7.18. The Morgan fingerprint density at radius 2 is 1.87 bits per heavy atom. The van der Waals surface area contributed by atoms with Crippen LogP contribution in [-0.2, 0) is 6.42 Å². The monoisotopic (exact) mass is 336 g/mol. The van der Waals surface area contributed by atoms with Crippen LogP contribution in [0.3, 0.4) is 0 Å². The summed E-state index contributed by atoms with van der Waals surface area (Å²) in [5.74, 6) is -3.59. The van der Waals surface area contributed by atoms with Gasteiger partial charge < -0.3 is 4.98 Å². The van der Waals surface area contributed by atoms with Crippen LogP contribution in [0.2, 0.25) is 0 Å². The normalized spacial score (nSPS) is 11.7. The predicted octanol–water partition coefficient (Wildman–Crippen LogP) is 4.92. The molecular weight excluding hydrogens is 328 g/mol. The molecule has 2 nitrogen and oxygen atoms in total. The number of nitrogens with zero attached hydrogens (tertiary/aromatic N) is 1. The summed E-state index contributed by atoms with van der Waals surface area (Å²) in [5, 5.41) is 1.26. The van der Waals surface area contributed by atoms with Gasteiger partial charge in [-0.1, -0.05) is 0 Å². The van der Waals surface area contributed by atoms with Gasteiger partial charge in [0.15, 0.2) is 11.6 Å². The minimum Gasteiger partial charge on any atom is -0.361 e. The molecule has 0 amide bonds. The van der Waals surface area contributed by atoms with Crippen LogP contribution in [0.15, 0.2) is 30.5 Å². The van der Waals surface area contributed by atoms with Crippen molar-refractivity contribution in [2.45, 2.75) is 6.42 Å². The van der Waals surface area contributed by atoms with Crippen LogP contribution in [0.25, 0.3) is 21.1 Å². The third kappa shape index (κ3) is 2.28. The summed E-state index contributed by atoms with van der Waals surface area (Å²) >= 11 is 0.976. The lowest BCUT2D eigenvalue weighted by Gasteiger charge is -1.96. The second-order valence-corrected chi connectivity index (χ2v) is 6.20. The molecule has 0 aliphatic carbocycles. The highest BCUT2D eigenvalue weighted by Crippen LogP contribution is 2.31. The SMILES string of the molecule is Fc1ccc2c(Cc3nc4c(F)c(F)cc(F)c4s3)c[nH]c2c1. The van der Waals surface area contributed by atoms with Gasteiger partial charge in [-0.25, -0.2) is 22.5 Å². The van der Waals surface area contributed by atoms with Gasteiger partial charge in [0.1, 0.15) is 17.2 Å². The van der Waals surface area contributed by atoms with Gasteiger partial charge in [0.2, 0.25) is 0 Å². The first-order valence-corrected chi connectivity index (χ1v) is 7.53. The Morgan fingerprint density at radius 1 is 1.04 bits per heavy atom. The smallest absolute Gasteiger partial charge is 0.186 e. The van der Waals surface area contributed by atoms with E-state index < -0.39 is 17.5 Å². The number of halogens is 4. The van der Waals surface area contributed by atoms with Gasteiger partial charge in [-0.05, 0) is 23.8 Å². The summed E-state index contributed by atoms with van der Waals surface area (Å²) < 4.78 is 53.9. The Bertz CT molecular complexity index is 1050. The second kappa shape index (κ2) is 5.06. The molecule has 4 rings (SSSR count). The van der Waals surface area contributed by atoms with E-state index >= 15 is 0 Å². The van der Waals surface area contributed by atoms with Crippen molar-refractivity contribution in [1.82, 2.24) is 9.97 Å². The number of nitrogens with one attached hydrogen (secondary N) is 1. The summed E-state index contributed by atoms with van der Waals surface area (Å²) in [6, 6.07) is 4.86. The third-order valence-electron chi connectivity index (χ3n) is 3.63. The van der Waals surface area contributed by atoms with E-state index in [9.17, 15) is 17.6 Å². The first kappa shape index (κ1) is 14.2. The van der Waals surface area contributed by atoms with E-state index in [0.29, 0.717) is 23.0 Å². The van der Waals surface area contributed by atoms with Crippen LogP contribution >= 0.6 is 11.3 Å². The number of thiazole rings is 1. The molecule has 0 bridgehead atoms. The Kier molecular flexibility index (Phi) is 3.12. The van der Waals surface area contributed by atoms with E-state index in [1.165, 1.54) is 12.1 Å². The Balaban J connectivity index is 1.80. The van der Waals surface area contributed by atoms with Crippen molar-refractivity contribution >= 4 is 32.5 Å². The van der Waals surface area contributed by atoms with Crippen molar-refractivity contribution in [3.05, 3.63) is 64.3 Å². The topological polar surface area (TPSA) is 28.7 Å². The van der Waals surface area contributed by atoms with Crippen molar-refractivity contribution < 1.29 is 17.6 Å². The standard InChI is InChI=1S/C16H8F4N2S/c17-8-1-2-9-7(6-21-12(9)4-8)3-13-22-15-14(20)10(18)5-11(19)16(15)23-13/h1-2,4-6,21H,3H2. The Labute approximate surface area is 131 Å². The van der Waals surface area contributed by atoms with E-state index in [-0.39, 0.29) is 16.0 Å². The van der Waals surface area contributed by atoms with E-state index in [2.05, 4.69) is 9.97 Å². The fourth-order valence-corrected chi connectivity index (χ4v) is 3.56. The number of H-pyrrole nitrogens is 1. The average molecular weight is 336 g/mol. The third-order valence-corrected chi connectivity index (χ3v) is 4.69. The predicted molar refractivity (Wildman–Crippen MR) is 80.6 cm³/mol. The summed E-state index contributed by atoms with van der Waals surface area (Å²) in [6.45, 7) is 0. The number of rotatable bonds is 2. The molecule has 0 saturated carbocycles. The average Bonchev–Trinajstić information content (AvgIpc) is 3.10. The summed E-state index contributed by atoms with van der Waals surface area (Å²) in [6.07, 6.45) is 2.01. The molecule has 23 heavy (non-hydrogen) atoms. The van der Waals surface area contributed by atoms with E-state index in [4.69, 9.17) is 0 Å². The number of benzene rings is 2. The zero-order valence-electron chi connectivity index (χ0n) is 11.5. The molecule has 1 N–H and O–H groups in total. The second-order valence-electron chi connectivity index (χ2n) is 5.12. The van der Waals surface area contributed by atoms with Gasteiger partial charge in [0, 0.05) is 29.6 Å². The summed E-state index contributed by atoms with van der Waals surface area (Å²) in [5.41, 5.74) is 1.15. The molecule has 2 aromatic carbocycles. The Hall–Kier alpha value is -2.41. The van der Waals surface area contributed by atoms with Gasteiger partial charge in [-0.3, -0.25) is 0 Å². The zero-order valence-corrected chi connectivity index (χ0v) is 12.3. The van der Waals surface area contributed by atoms with Crippen molar-refractivity contribution in [3.8, 4) is 0 Å². The zero-order chi connectivity index (χ0) is 16.1. The van der Waals surface area contributed by atoms with Gasteiger partial charge >= 0.3 is 0 Å². The molecule has 7 heteroatoms. The van der Waals surface area contributed by atoms with Gasteiger partial charge in [-0.2, -0.15) is 0 Å². The molecule has 0 atom stereocenters. The summed E-state index contributed by atoms with van der Waals surface area (Å²) in [7, 11) is 0. The molecule has 0 saturated heterocycles. The number of hydrogen-bond donors (Lipinski definition) is 1. The van der Waals surface area contributed by atoms with Crippen LogP contribution in [-0.4, -0.2) is 9.97 Å². The van der Waals surface area contributed by atoms with Crippen molar-refractivity contribution in [2.24, 2.45) is 0 Å². The van der Waals surface area contributed by atoms with Crippen LogP contribution in [0, 0.1) is 23.3 Å². The molecule has 4 aromatic rings. The molecule has 2 aromatic heterocycles. The van der Waals surface area contributed by atoms with Gasteiger partial charge in [-0.15, -0.1) is 11.3 Å². The van der Waals surface area contributed by atoms with Gasteiger partial charge in [0.05, 0.1) is 9.71 Å². The molecule has 0 aliphatic rings. The fourth-order valence-electron chi connectivity index (χ4n) is 2.57. The minimum atomic E-state index is -1.26. The Morgan fingerprint density at radius 3 is 2.70 bits per heavy atom. The lowest BCUT2D eigenvalue weighted by atomic mass is 10.1. The maximum absolute atomic E-state index is 13.7. The van der Waals surface area contributed by atoms with Crippen molar-refractivity contribution in [3.63, 3.8) is 0 Å². The quantitative estimate of drug-likeness (QED) is 0.408.